The van der Waals surface area contributed by atoms with Crippen molar-refractivity contribution in [1.29, 1.82) is 0 Å². The minimum atomic E-state index is -0.440. The smallest absolute Gasteiger partial charge is 0.331 e. The number of carbonyl (C=O) groups excluding carboxylic acids is 1. The number of nitrogens with zero attached hydrogens (tertiary/aromatic N) is 4. The van der Waals surface area contributed by atoms with E-state index < -0.39 is 5.97 Å². The molecule has 0 aliphatic carbocycles. The molecule has 8 heteroatoms. The second-order valence-corrected chi connectivity index (χ2v) is 8.42. The predicted molar refractivity (Wildman–Crippen MR) is 133 cm³/mol. The Hall–Kier alpha value is -4.17. The molecule has 7 nitrogen and oxygen atoms in total. The molecule has 0 aliphatic heterocycles. The first kappa shape index (κ1) is 21.7. The number of imidazole rings is 1. The zero-order chi connectivity index (χ0) is 23.5. The molecular weight excluding hydrogens is 446 g/mol. The highest BCUT2D eigenvalue weighted by Crippen LogP contribution is 2.31. The number of H-pyrrole nitrogens is 1. The average Bonchev–Trinajstić information content (AvgIpc) is 3.48. The summed E-state index contributed by atoms with van der Waals surface area (Å²) >= 11 is 1.18. The molecule has 34 heavy (non-hydrogen) atoms. The van der Waals surface area contributed by atoms with E-state index in [1.807, 2.05) is 74.5 Å². The van der Waals surface area contributed by atoms with Gasteiger partial charge in [-0.05, 0) is 49.8 Å². The first-order valence-corrected chi connectivity index (χ1v) is 11.5. The number of benzene rings is 2. The van der Waals surface area contributed by atoms with Crippen molar-refractivity contribution >= 4 is 34.8 Å². The van der Waals surface area contributed by atoms with Gasteiger partial charge in [0.25, 0.3) is 0 Å². The van der Waals surface area contributed by atoms with Gasteiger partial charge in [0.1, 0.15) is 23.5 Å². The molecule has 1 N–H and O–H groups in total. The topological polar surface area (TPSA) is 93.7 Å². The van der Waals surface area contributed by atoms with Crippen molar-refractivity contribution in [3.63, 3.8) is 0 Å². The van der Waals surface area contributed by atoms with Crippen LogP contribution in [0.25, 0.3) is 39.8 Å². The summed E-state index contributed by atoms with van der Waals surface area (Å²) in [6.07, 6.45) is 3.16. The lowest BCUT2D eigenvalue weighted by molar-refractivity contribution is -0.139. The van der Waals surface area contributed by atoms with Crippen LogP contribution in [0.3, 0.4) is 0 Å². The fourth-order valence-corrected chi connectivity index (χ4v) is 4.14. The van der Waals surface area contributed by atoms with Gasteiger partial charge in [-0.25, -0.2) is 9.78 Å². The number of rotatable bonds is 6. The van der Waals surface area contributed by atoms with E-state index in [4.69, 9.17) is 9.72 Å². The van der Waals surface area contributed by atoms with Crippen molar-refractivity contribution in [2.75, 3.05) is 0 Å². The second kappa shape index (κ2) is 9.36. The molecule has 0 saturated carbocycles. The fourth-order valence-electron chi connectivity index (χ4n) is 3.62. The van der Waals surface area contributed by atoms with Crippen molar-refractivity contribution in [2.45, 2.75) is 20.5 Å². The second-order valence-electron chi connectivity index (χ2n) is 7.89. The number of fused-ring (bicyclic) bond motifs is 1. The monoisotopic (exact) mass is 467 g/mol. The van der Waals surface area contributed by atoms with Gasteiger partial charge >= 0.3 is 5.97 Å². The number of aromatic nitrogens is 5. The number of hydrogen-bond acceptors (Lipinski definition) is 7. The van der Waals surface area contributed by atoms with Crippen LogP contribution < -0.4 is 0 Å². The maximum Gasteiger partial charge on any atom is 0.331 e. The molecule has 0 bridgehead atoms. The maximum atomic E-state index is 12.3. The van der Waals surface area contributed by atoms with Crippen LogP contribution in [-0.4, -0.2) is 29.7 Å². The van der Waals surface area contributed by atoms with Crippen LogP contribution in [0.5, 0.6) is 0 Å². The molecule has 0 unspecified atom stereocenters. The molecule has 0 radical (unpaired) electrons. The number of esters is 1. The van der Waals surface area contributed by atoms with Crippen LogP contribution in [0.4, 0.5) is 0 Å². The standard InChI is InChI=1S/C26H21N5O2S/c1-16-5-3-7-18(13-16)9-12-24(32)33-15-23-28-25(19-10-11-20-22(14-19)31-34-30-20)26(29-23)21-8-4-6-17(2)27-21/h3-14H,15H2,1-2H3,(H,28,29)/b12-9+. The molecular formula is C26H21N5O2S. The summed E-state index contributed by atoms with van der Waals surface area (Å²) in [6.45, 7) is 3.96. The Morgan fingerprint density at radius 1 is 1.00 bits per heavy atom. The molecule has 0 atom stereocenters. The summed E-state index contributed by atoms with van der Waals surface area (Å²) in [5, 5.41) is 0. The first-order chi connectivity index (χ1) is 16.5. The minimum absolute atomic E-state index is 0.0102. The molecule has 0 amide bonds. The van der Waals surface area contributed by atoms with E-state index in [9.17, 15) is 4.79 Å². The zero-order valence-electron chi connectivity index (χ0n) is 18.6. The first-order valence-electron chi connectivity index (χ1n) is 10.7. The highest BCUT2D eigenvalue weighted by Gasteiger charge is 2.17. The van der Waals surface area contributed by atoms with Crippen LogP contribution in [0.2, 0.25) is 0 Å². The van der Waals surface area contributed by atoms with Crippen molar-refractivity contribution < 1.29 is 9.53 Å². The largest absolute Gasteiger partial charge is 0.454 e. The molecule has 0 spiro atoms. The van der Waals surface area contributed by atoms with Crippen molar-refractivity contribution in [3.8, 4) is 22.6 Å². The minimum Gasteiger partial charge on any atom is -0.454 e. The Morgan fingerprint density at radius 2 is 1.85 bits per heavy atom. The summed E-state index contributed by atoms with van der Waals surface area (Å²) in [5.41, 5.74) is 7.73. The number of aromatic amines is 1. The van der Waals surface area contributed by atoms with Gasteiger partial charge in [0, 0.05) is 17.3 Å². The van der Waals surface area contributed by atoms with E-state index >= 15 is 0 Å². The predicted octanol–water partition coefficient (Wildman–Crippen LogP) is 5.52. The molecule has 168 valence electrons. The summed E-state index contributed by atoms with van der Waals surface area (Å²) in [4.78, 5) is 25.0. The van der Waals surface area contributed by atoms with Gasteiger partial charge in [0.05, 0.1) is 28.8 Å². The van der Waals surface area contributed by atoms with E-state index in [2.05, 4.69) is 18.7 Å². The number of aryl methyl sites for hydroxylation is 2. The van der Waals surface area contributed by atoms with E-state index in [1.54, 1.807) is 6.08 Å². The average molecular weight is 468 g/mol. The number of nitrogens with one attached hydrogen (secondary N) is 1. The highest BCUT2D eigenvalue weighted by molar-refractivity contribution is 7.00. The van der Waals surface area contributed by atoms with Gasteiger partial charge in [-0.15, -0.1) is 0 Å². The van der Waals surface area contributed by atoms with Gasteiger partial charge < -0.3 is 9.72 Å². The van der Waals surface area contributed by atoms with Gasteiger partial charge in [-0.1, -0.05) is 42.0 Å². The van der Waals surface area contributed by atoms with E-state index in [-0.39, 0.29) is 6.61 Å². The Morgan fingerprint density at radius 3 is 2.71 bits per heavy atom. The SMILES string of the molecule is Cc1cccc(/C=C/C(=O)OCc2nc(-c3ccc4nsnc4c3)c(-c3cccc(C)n3)[nH]2)c1. The quantitative estimate of drug-likeness (QED) is 0.261. The molecule has 5 aromatic rings. The molecule has 2 aromatic carbocycles. The van der Waals surface area contributed by atoms with Crippen LogP contribution in [0.15, 0.2) is 66.7 Å². The molecule has 5 rings (SSSR count). The van der Waals surface area contributed by atoms with Crippen molar-refractivity contribution in [1.82, 2.24) is 23.7 Å². The molecule has 0 saturated heterocycles. The lowest BCUT2D eigenvalue weighted by Crippen LogP contribution is -2.02. The number of hydrogen-bond donors (Lipinski definition) is 1. The third kappa shape index (κ3) is 4.77. The molecule has 3 aromatic heterocycles. The van der Waals surface area contributed by atoms with Crippen LogP contribution in [0.1, 0.15) is 22.6 Å². The Labute approximate surface area is 200 Å². The lowest BCUT2D eigenvalue weighted by Gasteiger charge is -2.03. The van der Waals surface area contributed by atoms with Gasteiger partial charge in [-0.2, -0.15) is 8.75 Å². The van der Waals surface area contributed by atoms with Crippen LogP contribution >= 0.6 is 11.7 Å². The summed E-state index contributed by atoms with van der Waals surface area (Å²) in [5.74, 6) is 0.0896. The summed E-state index contributed by atoms with van der Waals surface area (Å²) in [7, 11) is 0. The third-order valence-corrected chi connectivity index (χ3v) is 5.79. The number of carbonyl (C=O) groups is 1. The maximum absolute atomic E-state index is 12.3. The Kier molecular flexibility index (Phi) is 5.97. The summed E-state index contributed by atoms with van der Waals surface area (Å²) in [6, 6.07) is 19.5. The van der Waals surface area contributed by atoms with Gasteiger partial charge in [0.15, 0.2) is 0 Å². The van der Waals surface area contributed by atoms with E-state index in [0.717, 1.165) is 44.8 Å². The molecule has 0 aliphatic rings. The van der Waals surface area contributed by atoms with Crippen LogP contribution in [0, 0.1) is 13.8 Å². The third-order valence-electron chi connectivity index (χ3n) is 5.23. The Balaban J connectivity index is 1.41. The lowest BCUT2D eigenvalue weighted by atomic mass is 10.1. The molecule has 0 fully saturated rings. The summed E-state index contributed by atoms with van der Waals surface area (Å²) < 4.78 is 14.0. The van der Waals surface area contributed by atoms with Crippen molar-refractivity contribution in [2.24, 2.45) is 0 Å². The van der Waals surface area contributed by atoms with E-state index in [0.29, 0.717) is 11.5 Å². The van der Waals surface area contributed by atoms with Gasteiger partial charge in [-0.3, -0.25) is 4.98 Å². The van der Waals surface area contributed by atoms with Crippen LogP contribution in [-0.2, 0) is 16.1 Å². The fraction of sp³-hybridized carbons (Fsp3) is 0.115. The highest BCUT2D eigenvalue weighted by atomic mass is 32.1. The van der Waals surface area contributed by atoms with Gasteiger partial charge in [0.2, 0.25) is 0 Å². The van der Waals surface area contributed by atoms with E-state index in [1.165, 1.54) is 17.8 Å². The molecule has 3 heterocycles. The Bertz CT molecular complexity index is 1520. The normalized spacial score (nSPS) is 11.4. The number of pyridine rings is 1. The van der Waals surface area contributed by atoms with Crippen molar-refractivity contribution in [3.05, 3.63) is 89.4 Å². The zero-order valence-corrected chi connectivity index (χ0v) is 19.5. The number of ether oxygens (including phenoxy) is 1.